The molecule has 1 unspecified atom stereocenters. The molecule has 0 spiro atoms. The minimum atomic E-state index is 0.0857. The first-order valence-corrected chi connectivity index (χ1v) is 7.98. The lowest BCUT2D eigenvalue weighted by molar-refractivity contribution is 0.0958. The van der Waals surface area contributed by atoms with Crippen LogP contribution in [-0.2, 0) is 0 Å². The summed E-state index contributed by atoms with van der Waals surface area (Å²) in [6, 6.07) is 7.25. The van der Waals surface area contributed by atoms with Gasteiger partial charge in [0, 0.05) is 22.3 Å². The normalized spacial score (nSPS) is 21.6. The molecule has 0 aliphatic heterocycles. The number of hydrogen-bond acceptors (Lipinski definition) is 2. The number of carbonyl (C=O) groups is 2. The Bertz CT molecular complexity index is 622. The van der Waals surface area contributed by atoms with Crippen LogP contribution in [-0.4, -0.2) is 11.6 Å². The second-order valence-corrected chi connectivity index (χ2v) is 6.74. The van der Waals surface area contributed by atoms with E-state index in [9.17, 15) is 9.59 Å². The van der Waals surface area contributed by atoms with Crippen molar-refractivity contribution in [3.8, 4) is 0 Å². The van der Waals surface area contributed by atoms with Gasteiger partial charge in [0.2, 0.25) is 0 Å². The van der Waals surface area contributed by atoms with Crippen molar-refractivity contribution in [2.24, 2.45) is 11.8 Å². The van der Waals surface area contributed by atoms with E-state index in [1.807, 2.05) is 12.1 Å². The van der Waals surface area contributed by atoms with Crippen LogP contribution in [0.25, 0.3) is 0 Å². The van der Waals surface area contributed by atoms with Crippen molar-refractivity contribution >= 4 is 11.6 Å². The zero-order valence-corrected chi connectivity index (χ0v) is 12.8. The second-order valence-electron chi connectivity index (χ2n) is 6.74. The predicted molar refractivity (Wildman–Crippen MR) is 83.5 cm³/mol. The zero-order valence-electron chi connectivity index (χ0n) is 12.8. The lowest BCUT2D eigenvalue weighted by atomic mass is 9.73. The maximum absolute atomic E-state index is 12.7. The topological polar surface area (TPSA) is 34.1 Å². The highest BCUT2D eigenvalue weighted by atomic mass is 16.1. The molecule has 2 aliphatic rings. The van der Waals surface area contributed by atoms with Gasteiger partial charge in [-0.2, -0.15) is 0 Å². The summed E-state index contributed by atoms with van der Waals surface area (Å²) < 4.78 is 0. The minimum absolute atomic E-state index is 0.0857. The Morgan fingerprint density at radius 3 is 2.29 bits per heavy atom. The van der Waals surface area contributed by atoms with Crippen molar-refractivity contribution in [3.63, 3.8) is 0 Å². The van der Waals surface area contributed by atoms with Crippen LogP contribution in [0.1, 0.15) is 66.7 Å². The first-order valence-electron chi connectivity index (χ1n) is 7.98. The maximum atomic E-state index is 12.7. The molecule has 2 heteroatoms. The van der Waals surface area contributed by atoms with Crippen LogP contribution >= 0.6 is 0 Å². The highest BCUT2D eigenvalue weighted by molar-refractivity contribution is 6.27. The van der Waals surface area contributed by atoms with Crippen molar-refractivity contribution in [1.29, 1.82) is 0 Å². The SMILES string of the molecule is CC(C)CCC1CCC2=C(C1)C(=O)c1ccccc1C2=O. The van der Waals surface area contributed by atoms with Crippen LogP contribution in [0.3, 0.4) is 0 Å². The van der Waals surface area contributed by atoms with Crippen LogP contribution in [0.4, 0.5) is 0 Å². The molecule has 0 amide bonds. The molecule has 1 aromatic carbocycles. The van der Waals surface area contributed by atoms with Gasteiger partial charge in [-0.25, -0.2) is 0 Å². The lowest BCUT2D eigenvalue weighted by Gasteiger charge is -2.30. The average Bonchev–Trinajstić information content (AvgIpc) is 2.50. The Balaban J connectivity index is 1.86. The third-order valence-electron chi connectivity index (χ3n) is 4.78. The van der Waals surface area contributed by atoms with E-state index in [0.717, 1.165) is 36.8 Å². The first-order chi connectivity index (χ1) is 10.1. The van der Waals surface area contributed by atoms with Crippen LogP contribution < -0.4 is 0 Å². The largest absolute Gasteiger partial charge is 0.289 e. The average molecular weight is 282 g/mol. The number of ketones is 2. The van der Waals surface area contributed by atoms with E-state index in [1.165, 1.54) is 6.42 Å². The van der Waals surface area contributed by atoms with E-state index in [4.69, 9.17) is 0 Å². The fraction of sp³-hybridized carbons (Fsp3) is 0.474. The van der Waals surface area contributed by atoms with Crippen molar-refractivity contribution in [2.75, 3.05) is 0 Å². The van der Waals surface area contributed by atoms with Gasteiger partial charge in [-0.05, 0) is 37.5 Å². The maximum Gasteiger partial charge on any atom is 0.190 e. The van der Waals surface area contributed by atoms with Crippen molar-refractivity contribution in [1.82, 2.24) is 0 Å². The zero-order chi connectivity index (χ0) is 15.0. The van der Waals surface area contributed by atoms with Crippen LogP contribution in [0.2, 0.25) is 0 Å². The summed E-state index contributed by atoms with van der Waals surface area (Å²) >= 11 is 0. The summed E-state index contributed by atoms with van der Waals surface area (Å²) in [7, 11) is 0. The molecular weight excluding hydrogens is 260 g/mol. The fourth-order valence-corrected chi connectivity index (χ4v) is 3.51. The second kappa shape index (κ2) is 5.59. The third kappa shape index (κ3) is 2.59. The number of Topliss-reactive ketones (excluding diaryl/α,β-unsaturated/α-hetero) is 2. The number of hydrogen-bond donors (Lipinski definition) is 0. The fourth-order valence-electron chi connectivity index (χ4n) is 3.51. The molecule has 0 saturated carbocycles. The number of benzene rings is 1. The molecule has 1 aromatic rings. The van der Waals surface area contributed by atoms with Crippen LogP contribution in [0, 0.1) is 11.8 Å². The third-order valence-corrected chi connectivity index (χ3v) is 4.78. The van der Waals surface area contributed by atoms with Gasteiger partial charge >= 0.3 is 0 Å². The number of fused-ring (bicyclic) bond motifs is 1. The summed E-state index contributed by atoms with van der Waals surface area (Å²) in [4.78, 5) is 25.2. The lowest BCUT2D eigenvalue weighted by Crippen LogP contribution is -2.27. The molecule has 2 aliphatic carbocycles. The van der Waals surface area contributed by atoms with Gasteiger partial charge in [0.15, 0.2) is 11.6 Å². The first kappa shape index (κ1) is 14.2. The van der Waals surface area contributed by atoms with E-state index < -0.39 is 0 Å². The van der Waals surface area contributed by atoms with Gasteiger partial charge in [-0.3, -0.25) is 9.59 Å². The smallest absolute Gasteiger partial charge is 0.190 e. The highest BCUT2D eigenvalue weighted by Crippen LogP contribution is 2.39. The quantitative estimate of drug-likeness (QED) is 0.812. The van der Waals surface area contributed by atoms with E-state index in [-0.39, 0.29) is 11.6 Å². The van der Waals surface area contributed by atoms with Gasteiger partial charge in [-0.15, -0.1) is 0 Å². The predicted octanol–water partition coefficient (Wildman–Crippen LogP) is 4.60. The van der Waals surface area contributed by atoms with Crippen LogP contribution in [0.15, 0.2) is 35.4 Å². The summed E-state index contributed by atoms with van der Waals surface area (Å²) in [5.74, 6) is 1.44. The summed E-state index contributed by atoms with van der Waals surface area (Å²) in [6.07, 6.45) is 4.98. The van der Waals surface area contributed by atoms with Gasteiger partial charge in [0.25, 0.3) is 0 Å². The van der Waals surface area contributed by atoms with Crippen LogP contribution in [0.5, 0.6) is 0 Å². The van der Waals surface area contributed by atoms with Crippen molar-refractivity contribution in [3.05, 3.63) is 46.5 Å². The molecule has 110 valence electrons. The minimum Gasteiger partial charge on any atom is -0.289 e. The molecule has 0 aromatic heterocycles. The monoisotopic (exact) mass is 282 g/mol. The molecule has 1 atom stereocenters. The van der Waals surface area contributed by atoms with E-state index in [2.05, 4.69) is 13.8 Å². The van der Waals surface area contributed by atoms with Gasteiger partial charge < -0.3 is 0 Å². The highest BCUT2D eigenvalue weighted by Gasteiger charge is 2.35. The number of allylic oxidation sites excluding steroid dienone is 2. The molecule has 0 bridgehead atoms. The van der Waals surface area contributed by atoms with Crippen molar-refractivity contribution in [2.45, 2.75) is 46.0 Å². The Hall–Kier alpha value is -1.70. The molecule has 0 heterocycles. The number of rotatable bonds is 3. The Morgan fingerprint density at radius 2 is 1.67 bits per heavy atom. The molecule has 21 heavy (non-hydrogen) atoms. The molecule has 2 nitrogen and oxygen atoms in total. The Morgan fingerprint density at radius 1 is 1.05 bits per heavy atom. The van der Waals surface area contributed by atoms with Crippen molar-refractivity contribution < 1.29 is 9.59 Å². The van der Waals surface area contributed by atoms with E-state index in [1.54, 1.807) is 12.1 Å². The summed E-state index contributed by atoms with van der Waals surface area (Å²) in [5.41, 5.74) is 2.80. The molecule has 0 N–H and O–H groups in total. The van der Waals surface area contributed by atoms with E-state index >= 15 is 0 Å². The van der Waals surface area contributed by atoms with E-state index in [0.29, 0.717) is 23.0 Å². The molecule has 0 radical (unpaired) electrons. The summed E-state index contributed by atoms with van der Waals surface area (Å²) in [6.45, 7) is 4.47. The number of carbonyl (C=O) groups excluding carboxylic acids is 2. The molecular formula is C19H22O2. The van der Waals surface area contributed by atoms with Gasteiger partial charge in [-0.1, -0.05) is 44.5 Å². The molecule has 0 fully saturated rings. The molecule has 3 rings (SSSR count). The van der Waals surface area contributed by atoms with Gasteiger partial charge in [0.05, 0.1) is 0 Å². The standard InChI is InChI=1S/C19H22O2/c1-12(2)7-8-13-9-10-16-17(11-13)19(21)15-6-4-3-5-14(15)18(16)20/h3-6,12-13H,7-11H2,1-2H3. The summed E-state index contributed by atoms with van der Waals surface area (Å²) in [5, 5.41) is 0. The Labute approximate surface area is 126 Å². The Kier molecular flexibility index (Phi) is 3.79. The molecule has 0 saturated heterocycles. The van der Waals surface area contributed by atoms with Gasteiger partial charge in [0.1, 0.15) is 0 Å².